The summed E-state index contributed by atoms with van der Waals surface area (Å²) in [7, 11) is 1.73. The molecule has 1 aliphatic carbocycles. The fourth-order valence-corrected chi connectivity index (χ4v) is 9.85. The average molecular weight is 1100 g/mol. The largest absolute Gasteiger partial charge is 0.490 e. The molecule has 0 amide bonds. The lowest BCUT2D eigenvalue weighted by Crippen LogP contribution is -2.47. The van der Waals surface area contributed by atoms with Crippen LogP contribution in [0.25, 0.3) is 0 Å². The molecule has 0 aromatic heterocycles. The van der Waals surface area contributed by atoms with Crippen molar-refractivity contribution >= 4 is 11.6 Å². The van der Waals surface area contributed by atoms with Crippen molar-refractivity contribution in [1.82, 2.24) is 0 Å². The van der Waals surface area contributed by atoms with Gasteiger partial charge >= 0.3 is 0 Å². The van der Waals surface area contributed by atoms with Gasteiger partial charge in [0, 0.05) is 57.1 Å². The normalized spacial score (nSPS) is 13.7. The van der Waals surface area contributed by atoms with E-state index in [0.717, 1.165) is 44.9 Å². The van der Waals surface area contributed by atoms with Crippen molar-refractivity contribution < 1.29 is 33.3 Å². The van der Waals surface area contributed by atoms with E-state index in [4.69, 9.17) is 23.7 Å². The van der Waals surface area contributed by atoms with Crippen LogP contribution in [0.15, 0.2) is 211 Å². The molecule has 7 heteroatoms. The lowest BCUT2D eigenvalue weighted by atomic mass is 9.71. The molecule has 0 radical (unpaired) electrons. The van der Waals surface area contributed by atoms with Gasteiger partial charge in [0.15, 0.2) is 11.6 Å². The van der Waals surface area contributed by atoms with E-state index in [1.54, 1.807) is 7.11 Å². The summed E-state index contributed by atoms with van der Waals surface area (Å²) < 4.78 is 31.1. The van der Waals surface area contributed by atoms with Crippen molar-refractivity contribution in [1.29, 1.82) is 0 Å². The van der Waals surface area contributed by atoms with Crippen LogP contribution >= 0.6 is 0 Å². The van der Waals surface area contributed by atoms with Crippen molar-refractivity contribution in [2.75, 3.05) is 7.11 Å². The number of ketones is 2. The van der Waals surface area contributed by atoms with Gasteiger partial charge in [-0.1, -0.05) is 160 Å². The Balaban J connectivity index is 0.832. The lowest BCUT2D eigenvalue weighted by molar-refractivity contribution is -0.0341. The molecule has 1 unspecified atom stereocenters. The van der Waals surface area contributed by atoms with E-state index < -0.39 is 11.0 Å². The SMILES string of the molecule is COC(C)(C)C(C)(C)c1ccc(C(=O)c2ccc(Oc3ccc(C(C)(C)c4ccc(OC(C)(C)C(C)(C)c5ccc(C(=O)c6ccc(Oc7ccc(C(C)(C)C8=CC=C(OC(C)C(C)C)C=C=C8)cc7)cc6)cc5)cc4)cc3)cc2)cc1. The summed E-state index contributed by atoms with van der Waals surface area (Å²) in [5, 5.41) is 0. The number of methoxy groups -OCH3 is 1. The van der Waals surface area contributed by atoms with E-state index in [1.807, 2.05) is 152 Å². The molecule has 0 spiro atoms. The molecule has 0 bridgehead atoms. The molecule has 7 nitrogen and oxygen atoms in total. The highest BCUT2D eigenvalue weighted by Crippen LogP contribution is 2.42. The Morgan fingerprint density at radius 1 is 0.390 bits per heavy atom. The van der Waals surface area contributed by atoms with Crippen LogP contribution in [0.1, 0.15) is 164 Å². The highest BCUT2D eigenvalue weighted by Gasteiger charge is 2.41. The maximum Gasteiger partial charge on any atom is 0.193 e. The van der Waals surface area contributed by atoms with Crippen molar-refractivity contribution in [3.8, 4) is 28.7 Å². The molecule has 1 atom stereocenters. The maximum atomic E-state index is 13.8. The topological polar surface area (TPSA) is 80.3 Å². The van der Waals surface area contributed by atoms with Crippen molar-refractivity contribution in [3.63, 3.8) is 0 Å². The monoisotopic (exact) mass is 1090 g/mol. The summed E-state index contributed by atoms with van der Waals surface area (Å²) in [6.45, 7) is 32.2. The van der Waals surface area contributed by atoms with Gasteiger partial charge in [0.1, 0.15) is 40.1 Å². The summed E-state index contributed by atoms with van der Waals surface area (Å²) in [5.41, 5.74) is 10.2. The van der Waals surface area contributed by atoms with Gasteiger partial charge in [-0.25, -0.2) is 0 Å². The van der Waals surface area contributed by atoms with Gasteiger partial charge in [0.2, 0.25) is 0 Å². The fourth-order valence-electron chi connectivity index (χ4n) is 9.85. The minimum absolute atomic E-state index is 0.0429. The molecule has 0 N–H and O–H groups in total. The number of hydrogen-bond donors (Lipinski definition) is 0. The zero-order valence-electron chi connectivity index (χ0n) is 51.0. The molecular formula is C75H82O7. The number of benzene rings is 7. The summed E-state index contributed by atoms with van der Waals surface area (Å²) in [4.78, 5) is 27.2. The number of carbonyl (C=O) groups excluding carboxylic acids is 2. The van der Waals surface area contributed by atoms with Crippen LogP contribution in [-0.4, -0.2) is 36.0 Å². The zero-order valence-corrected chi connectivity index (χ0v) is 51.0. The van der Waals surface area contributed by atoms with Gasteiger partial charge in [-0.3, -0.25) is 9.59 Å². The minimum Gasteiger partial charge on any atom is -0.490 e. The third-order valence-corrected chi connectivity index (χ3v) is 17.9. The van der Waals surface area contributed by atoms with Crippen molar-refractivity contribution in [2.45, 2.75) is 143 Å². The zero-order chi connectivity index (χ0) is 59.4. The molecule has 424 valence electrons. The summed E-state index contributed by atoms with van der Waals surface area (Å²) >= 11 is 0. The molecule has 0 saturated heterocycles. The number of ether oxygens (including phenoxy) is 5. The van der Waals surface area contributed by atoms with E-state index in [-0.39, 0.29) is 39.5 Å². The Bertz CT molecular complexity index is 3490. The van der Waals surface area contributed by atoms with Gasteiger partial charge in [-0.05, 0) is 171 Å². The molecule has 0 fully saturated rings. The van der Waals surface area contributed by atoms with Gasteiger partial charge in [-0.15, -0.1) is 5.73 Å². The first-order chi connectivity index (χ1) is 38.6. The highest BCUT2D eigenvalue weighted by molar-refractivity contribution is 6.09. The minimum atomic E-state index is -0.620. The van der Waals surface area contributed by atoms with Crippen LogP contribution < -0.4 is 14.2 Å². The first kappa shape index (κ1) is 60.1. The summed E-state index contributed by atoms with van der Waals surface area (Å²) in [5.74, 6) is 4.59. The quantitative estimate of drug-likeness (QED) is 0.0494. The Labute approximate surface area is 488 Å². The van der Waals surface area contributed by atoms with Gasteiger partial charge in [0.05, 0.1) is 11.7 Å². The molecule has 7 aromatic carbocycles. The fraction of sp³-hybridized carbons (Fsp3) is 0.320. The number of allylic oxidation sites excluding steroid dienone is 4. The van der Waals surface area contributed by atoms with Crippen molar-refractivity contribution in [3.05, 3.63) is 261 Å². The predicted molar refractivity (Wildman–Crippen MR) is 333 cm³/mol. The number of carbonyl (C=O) groups is 2. The van der Waals surface area contributed by atoms with E-state index >= 15 is 0 Å². The van der Waals surface area contributed by atoms with Crippen LogP contribution in [0.2, 0.25) is 0 Å². The third-order valence-electron chi connectivity index (χ3n) is 17.9. The smallest absolute Gasteiger partial charge is 0.193 e. The standard InChI is InChI=1S/C75H82O7/c1-50(2)51(3)79-62-19-17-18-56(32-43-62)70(4,5)57-33-44-65(45-34-57)80-63-41-26-55(27-42-63)69(77)53-22-30-61(31-23-53)73(10,11)75(14,15)82-67-48-37-59(38-49-67)71(6,7)58-35-46-66(47-36-58)81-64-39-24-54(25-40-64)68(76)52-20-28-60(29-21-52)72(8,9)74(12,13)78-16/h18-51H,1-16H3. The average Bonchev–Trinajstić information content (AvgIpc) is 3.89. The molecule has 0 saturated carbocycles. The summed E-state index contributed by atoms with van der Waals surface area (Å²) in [6, 6.07) is 54.9. The van der Waals surface area contributed by atoms with E-state index in [0.29, 0.717) is 51.2 Å². The molecule has 82 heavy (non-hydrogen) atoms. The number of rotatable bonds is 22. The molecular weight excluding hydrogens is 1010 g/mol. The second-order valence-electron chi connectivity index (χ2n) is 25.2. The molecule has 8 rings (SSSR count). The van der Waals surface area contributed by atoms with Crippen LogP contribution in [0.4, 0.5) is 0 Å². The Morgan fingerprint density at radius 2 is 0.720 bits per heavy atom. The summed E-state index contributed by atoms with van der Waals surface area (Å²) in [6.07, 6.45) is 8.17. The number of hydrogen-bond acceptors (Lipinski definition) is 7. The first-order valence-electron chi connectivity index (χ1n) is 28.6. The Hall–Kier alpha value is -7.96. The Morgan fingerprint density at radius 3 is 1.10 bits per heavy atom. The van der Waals surface area contributed by atoms with Crippen LogP contribution in [0, 0.1) is 5.92 Å². The van der Waals surface area contributed by atoms with Gasteiger partial charge in [-0.2, -0.15) is 0 Å². The maximum absolute atomic E-state index is 13.8. The van der Waals surface area contributed by atoms with Gasteiger partial charge in [0.25, 0.3) is 0 Å². The second kappa shape index (κ2) is 23.9. The second-order valence-corrected chi connectivity index (χ2v) is 25.2. The van der Waals surface area contributed by atoms with Crippen LogP contribution in [-0.2, 0) is 31.1 Å². The lowest BCUT2D eigenvalue weighted by Gasteiger charge is -2.42. The molecule has 7 aromatic rings. The highest BCUT2D eigenvalue weighted by atomic mass is 16.5. The first-order valence-corrected chi connectivity index (χ1v) is 28.6. The van der Waals surface area contributed by atoms with E-state index in [9.17, 15) is 9.59 Å². The van der Waals surface area contributed by atoms with E-state index in [1.165, 1.54) is 0 Å². The molecule has 1 aliphatic rings. The molecule has 0 heterocycles. The van der Waals surface area contributed by atoms with E-state index in [2.05, 4.69) is 152 Å². The molecule has 0 aliphatic heterocycles. The third kappa shape index (κ3) is 13.0. The Kier molecular flexibility index (Phi) is 17.5. The van der Waals surface area contributed by atoms with Gasteiger partial charge < -0.3 is 23.7 Å². The van der Waals surface area contributed by atoms with Crippen molar-refractivity contribution in [2.24, 2.45) is 5.92 Å². The van der Waals surface area contributed by atoms with Crippen LogP contribution in [0.3, 0.4) is 0 Å². The predicted octanol–water partition coefficient (Wildman–Crippen LogP) is 18.8. The van der Waals surface area contributed by atoms with Crippen LogP contribution in [0.5, 0.6) is 28.7 Å².